The molecule has 0 fully saturated rings. The molecule has 0 aliphatic carbocycles. The lowest BCUT2D eigenvalue weighted by molar-refractivity contribution is -0.134. The van der Waals surface area contributed by atoms with Crippen molar-refractivity contribution in [3.8, 4) is 0 Å². The minimum atomic E-state index is -0.437. The summed E-state index contributed by atoms with van der Waals surface area (Å²) in [6.07, 6.45) is 3.19. The zero-order chi connectivity index (χ0) is 12.3. The summed E-state index contributed by atoms with van der Waals surface area (Å²) >= 11 is 0. The van der Waals surface area contributed by atoms with Crippen LogP contribution in [0.3, 0.4) is 0 Å². The maximum Gasteiger partial charge on any atom is 0.358 e. The Labute approximate surface area is 99.1 Å². The van der Waals surface area contributed by atoms with E-state index in [-0.39, 0.29) is 0 Å². The van der Waals surface area contributed by atoms with Gasteiger partial charge in [-0.2, -0.15) is 0 Å². The van der Waals surface area contributed by atoms with E-state index >= 15 is 0 Å². The second-order valence-corrected chi connectivity index (χ2v) is 3.47. The van der Waals surface area contributed by atoms with Gasteiger partial charge in [0.15, 0.2) is 5.70 Å². The Morgan fingerprint density at radius 1 is 1.24 bits per heavy atom. The Hall–Kier alpha value is -2.23. The number of esters is 1. The lowest BCUT2D eigenvalue weighted by Gasteiger charge is -2.08. The number of fused-ring (bicyclic) bond motifs is 1. The molecule has 4 heteroatoms. The van der Waals surface area contributed by atoms with E-state index in [1.54, 1.807) is 4.57 Å². The third-order valence-corrected chi connectivity index (χ3v) is 2.48. The van der Waals surface area contributed by atoms with Crippen molar-refractivity contribution in [2.75, 3.05) is 14.2 Å². The van der Waals surface area contributed by atoms with Crippen LogP contribution in [0.5, 0.6) is 0 Å². The van der Waals surface area contributed by atoms with Gasteiger partial charge in [-0.25, -0.2) is 4.79 Å². The first-order valence-electron chi connectivity index (χ1n) is 5.15. The molecule has 1 aromatic heterocycles. The molecule has 0 aliphatic heterocycles. The Balaban J connectivity index is 2.57. The topological polar surface area (TPSA) is 40.5 Å². The second-order valence-electron chi connectivity index (χ2n) is 3.47. The third kappa shape index (κ3) is 2.01. The van der Waals surface area contributed by atoms with Crippen molar-refractivity contribution in [3.05, 3.63) is 42.8 Å². The molecule has 0 amide bonds. The van der Waals surface area contributed by atoms with Crippen molar-refractivity contribution in [3.63, 3.8) is 0 Å². The van der Waals surface area contributed by atoms with Crippen LogP contribution in [0.15, 0.2) is 42.8 Å². The van der Waals surface area contributed by atoms with E-state index in [4.69, 9.17) is 9.47 Å². The molecule has 0 radical (unpaired) electrons. The van der Waals surface area contributed by atoms with E-state index in [1.807, 2.05) is 36.5 Å². The van der Waals surface area contributed by atoms with E-state index in [2.05, 4.69) is 0 Å². The Morgan fingerprint density at radius 2 is 2.00 bits per heavy atom. The average molecular weight is 231 g/mol. The molecule has 0 aliphatic rings. The highest BCUT2D eigenvalue weighted by Crippen LogP contribution is 2.20. The van der Waals surface area contributed by atoms with Crippen molar-refractivity contribution in [1.29, 1.82) is 0 Å². The first kappa shape index (κ1) is 11.3. The number of ether oxygens (including phenoxy) is 2. The van der Waals surface area contributed by atoms with E-state index in [0.29, 0.717) is 5.70 Å². The van der Waals surface area contributed by atoms with Gasteiger partial charge in [-0.3, -0.25) is 0 Å². The SMILES string of the molecule is COC=C(C(=O)OC)n1ccc2ccccc21. The molecule has 4 nitrogen and oxygen atoms in total. The van der Waals surface area contributed by atoms with Crippen LogP contribution >= 0.6 is 0 Å². The van der Waals surface area contributed by atoms with Crippen molar-refractivity contribution in [1.82, 2.24) is 4.57 Å². The summed E-state index contributed by atoms with van der Waals surface area (Å²) in [7, 11) is 2.84. The fourth-order valence-electron chi connectivity index (χ4n) is 1.71. The normalized spacial score (nSPS) is 11.5. The minimum Gasteiger partial charge on any atom is -0.502 e. The lowest BCUT2D eigenvalue weighted by Crippen LogP contribution is -2.10. The number of carbonyl (C=O) groups is 1. The molecule has 2 rings (SSSR count). The first-order chi connectivity index (χ1) is 8.27. The second kappa shape index (κ2) is 4.74. The molecule has 1 aromatic carbocycles. The van der Waals surface area contributed by atoms with Gasteiger partial charge in [-0.15, -0.1) is 0 Å². The summed E-state index contributed by atoms with van der Waals surface area (Å²) in [6.45, 7) is 0. The van der Waals surface area contributed by atoms with Crippen LogP contribution in [0.4, 0.5) is 0 Å². The van der Waals surface area contributed by atoms with Gasteiger partial charge in [0, 0.05) is 6.20 Å². The monoisotopic (exact) mass is 231 g/mol. The molecular weight excluding hydrogens is 218 g/mol. The van der Waals surface area contributed by atoms with E-state index in [0.717, 1.165) is 10.9 Å². The van der Waals surface area contributed by atoms with Gasteiger partial charge in [0.05, 0.1) is 19.7 Å². The average Bonchev–Trinajstić information content (AvgIpc) is 2.79. The summed E-state index contributed by atoms with van der Waals surface area (Å²) in [5, 5.41) is 1.05. The fourth-order valence-corrected chi connectivity index (χ4v) is 1.71. The zero-order valence-electron chi connectivity index (χ0n) is 9.71. The van der Waals surface area contributed by atoms with Gasteiger partial charge in [0.2, 0.25) is 0 Å². The van der Waals surface area contributed by atoms with Gasteiger partial charge in [0.25, 0.3) is 0 Å². The minimum absolute atomic E-state index is 0.344. The van der Waals surface area contributed by atoms with Crippen molar-refractivity contribution in [2.24, 2.45) is 0 Å². The third-order valence-electron chi connectivity index (χ3n) is 2.48. The quantitative estimate of drug-likeness (QED) is 0.462. The first-order valence-corrected chi connectivity index (χ1v) is 5.15. The smallest absolute Gasteiger partial charge is 0.358 e. The number of carbonyl (C=O) groups excluding carboxylic acids is 1. The molecular formula is C13H13NO3. The maximum atomic E-state index is 11.7. The molecule has 0 atom stereocenters. The van der Waals surface area contributed by atoms with E-state index < -0.39 is 5.97 Å². The van der Waals surface area contributed by atoms with Crippen molar-refractivity contribution < 1.29 is 14.3 Å². The van der Waals surface area contributed by atoms with Gasteiger partial charge in [-0.1, -0.05) is 18.2 Å². The number of aromatic nitrogens is 1. The summed E-state index contributed by atoms with van der Waals surface area (Å²) in [4.78, 5) is 11.7. The van der Waals surface area contributed by atoms with Crippen LogP contribution in [0, 0.1) is 0 Å². The molecule has 0 saturated carbocycles. The highest BCUT2D eigenvalue weighted by Gasteiger charge is 2.14. The number of hydrogen-bond donors (Lipinski definition) is 0. The highest BCUT2D eigenvalue weighted by atomic mass is 16.5. The summed E-state index contributed by atoms with van der Waals surface area (Å²) in [5.41, 5.74) is 1.28. The standard InChI is InChI=1S/C13H13NO3/c1-16-9-12(13(15)17-2)14-8-7-10-5-3-4-6-11(10)14/h3-9H,1-2H3. The number of rotatable bonds is 3. The zero-order valence-corrected chi connectivity index (χ0v) is 9.71. The number of para-hydroxylation sites is 1. The maximum absolute atomic E-state index is 11.7. The van der Waals surface area contributed by atoms with Gasteiger partial charge in [-0.05, 0) is 17.5 Å². The van der Waals surface area contributed by atoms with Crippen LogP contribution in [0.25, 0.3) is 16.6 Å². The molecule has 1 heterocycles. The lowest BCUT2D eigenvalue weighted by atomic mass is 10.2. The predicted octanol–water partition coefficient (Wildman–Crippen LogP) is 2.26. The highest BCUT2D eigenvalue weighted by molar-refractivity contribution is 6.11. The van der Waals surface area contributed by atoms with Gasteiger partial charge in [0.1, 0.15) is 6.26 Å². The van der Waals surface area contributed by atoms with E-state index in [9.17, 15) is 4.79 Å². The van der Waals surface area contributed by atoms with Crippen LogP contribution < -0.4 is 0 Å². The van der Waals surface area contributed by atoms with Gasteiger partial charge < -0.3 is 14.0 Å². The van der Waals surface area contributed by atoms with Crippen LogP contribution in [-0.4, -0.2) is 24.8 Å². The molecule has 0 spiro atoms. The Morgan fingerprint density at radius 3 is 2.71 bits per heavy atom. The van der Waals surface area contributed by atoms with Crippen LogP contribution in [0.1, 0.15) is 0 Å². The number of benzene rings is 1. The molecule has 0 bridgehead atoms. The van der Waals surface area contributed by atoms with Crippen molar-refractivity contribution in [2.45, 2.75) is 0 Å². The largest absolute Gasteiger partial charge is 0.502 e. The summed E-state index contributed by atoms with van der Waals surface area (Å²) in [6, 6.07) is 9.71. The summed E-state index contributed by atoms with van der Waals surface area (Å²) in [5.74, 6) is -0.437. The molecule has 0 unspecified atom stereocenters. The summed E-state index contributed by atoms with van der Waals surface area (Å²) < 4.78 is 11.4. The fraction of sp³-hybridized carbons (Fsp3) is 0.154. The number of hydrogen-bond acceptors (Lipinski definition) is 3. The van der Waals surface area contributed by atoms with Crippen LogP contribution in [0.2, 0.25) is 0 Å². The predicted molar refractivity (Wildman–Crippen MR) is 65.2 cm³/mol. The van der Waals surface area contributed by atoms with Crippen molar-refractivity contribution >= 4 is 22.6 Å². The number of nitrogens with zero attached hydrogens (tertiary/aromatic N) is 1. The molecule has 17 heavy (non-hydrogen) atoms. The Kier molecular flexibility index (Phi) is 3.14. The number of methoxy groups -OCH3 is 2. The molecule has 0 saturated heterocycles. The van der Waals surface area contributed by atoms with Gasteiger partial charge >= 0.3 is 5.97 Å². The van der Waals surface area contributed by atoms with E-state index in [1.165, 1.54) is 20.5 Å². The molecule has 2 aromatic rings. The molecule has 0 N–H and O–H groups in total. The van der Waals surface area contributed by atoms with Crippen LogP contribution in [-0.2, 0) is 14.3 Å². The Bertz CT molecular complexity index is 569. The molecule has 88 valence electrons.